The zero-order valence-electron chi connectivity index (χ0n) is 14.6. The van der Waals surface area contributed by atoms with Gasteiger partial charge in [-0.1, -0.05) is 5.21 Å². The van der Waals surface area contributed by atoms with Crippen molar-refractivity contribution in [2.24, 2.45) is 12.2 Å². The zero-order chi connectivity index (χ0) is 20.0. The van der Waals surface area contributed by atoms with Crippen LogP contribution in [0.3, 0.4) is 0 Å². The van der Waals surface area contributed by atoms with Crippen LogP contribution in [-0.2, 0) is 38.1 Å². The third-order valence-electron chi connectivity index (χ3n) is 4.31. The number of carbonyl (C=O) groups is 1. The van der Waals surface area contributed by atoms with E-state index >= 15 is 0 Å². The largest absolute Gasteiger partial charge is 0.349 e. The van der Waals surface area contributed by atoms with Crippen molar-refractivity contribution in [2.75, 3.05) is 0 Å². The number of aryl methyl sites for hydroxylation is 2. The molecule has 2 atom stereocenters. The van der Waals surface area contributed by atoms with E-state index < -0.39 is 31.2 Å². The number of carbonyl (C=O) groups excluding carboxylic acids is 1. The molecule has 3 heterocycles. The summed E-state index contributed by atoms with van der Waals surface area (Å²) in [6.45, 7) is 1.54. The predicted molar refractivity (Wildman–Crippen MR) is 97.2 cm³/mol. The Labute approximate surface area is 160 Å². The van der Waals surface area contributed by atoms with Crippen LogP contribution in [0.15, 0.2) is 20.7 Å². The zero-order valence-corrected chi connectivity index (χ0v) is 17.1. The first-order valence-corrected chi connectivity index (χ1v) is 11.9. The Balaban J connectivity index is 1.82. The number of thiophene rings is 1. The maximum atomic E-state index is 12.5. The molecule has 0 aliphatic carbocycles. The van der Waals surface area contributed by atoms with E-state index in [4.69, 9.17) is 5.14 Å². The van der Waals surface area contributed by atoms with E-state index in [1.807, 2.05) is 0 Å². The minimum atomic E-state index is -4.04. The molecule has 0 aromatic carbocycles. The SMILES string of the molecule is CC1CC(NC(=O)CCc2cn(C)nn2)c2cc(S(N)(=O)=O)sc2S1(=O)=O. The molecule has 27 heavy (non-hydrogen) atoms. The summed E-state index contributed by atoms with van der Waals surface area (Å²) in [4.78, 5) is 12.3. The van der Waals surface area contributed by atoms with Gasteiger partial charge in [-0.05, 0) is 19.4 Å². The topological polar surface area (TPSA) is 154 Å². The molecule has 0 bridgehead atoms. The summed E-state index contributed by atoms with van der Waals surface area (Å²) in [5.41, 5.74) is 0.940. The summed E-state index contributed by atoms with van der Waals surface area (Å²) in [6, 6.07) is 0.645. The van der Waals surface area contributed by atoms with Gasteiger partial charge < -0.3 is 5.32 Å². The van der Waals surface area contributed by atoms with Crippen molar-refractivity contribution in [3.63, 3.8) is 0 Å². The maximum absolute atomic E-state index is 12.5. The fourth-order valence-electron chi connectivity index (χ4n) is 2.89. The summed E-state index contributed by atoms with van der Waals surface area (Å²) in [7, 11) is -5.97. The number of amides is 1. The Morgan fingerprint density at radius 2 is 2.19 bits per heavy atom. The van der Waals surface area contributed by atoms with Gasteiger partial charge in [-0.15, -0.1) is 16.4 Å². The van der Waals surface area contributed by atoms with Gasteiger partial charge in [0.25, 0.3) is 0 Å². The van der Waals surface area contributed by atoms with E-state index in [9.17, 15) is 21.6 Å². The lowest BCUT2D eigenvalue weighted by Gasteiger charge is -2.27. The number of sulfone groups is 1. The molecule has 148 valence electrons. The number of hydrogen-bond acceptors (Lipinski definition) is 8. The number of primary sulfonamides is 1. The average Bonchev–Trinajstić information content (AvgIpc) is 3.17. The summed E-state index contributed by atoms with van der Waals surface area (Å²) >= 11 is 0.624. The molecule has 1 aliphatic rings. The van der Waals surface area contributed by atoms with Crippen LogP contribution >= 0.6 is 11.3 Å². The maximum Gasteiger partial charge on any atom is 0.247 e. The van der Waals surface area contributed by atoms with Gasteiger partial charge in [-0.3, -0.25) is 9.48 Å². The smallest absolute Gasteiger partial charge is 0.247 e. The Hall–Kier alpha value is -1.83. The van der Waals surface area contributed by atoms with Crippen LogP contribution in [0.25, 0.3) is 0 Å². The minimum Gasteiger partial charge on any atom is -0.349 e. The van der Waals surface area contributed by atoms with Gasteiger partial charge >= 0.3 is 0 Å². The van der Waals surface area contributed by atoms with E-state index in [2.05, 4.69) is 15.6 Å². The number of fused-ring (bicyclic) bond motifs is 1. The van der Waals surface area contributed by atoms with Crippen LogP contribution in [-0.4, -0.2) is 43.0 Å². The van der Waals surface area contributed by atoms with Gasteiger partial charge in [0.1, 0.15) is 8.42 Å². The van der Waals surface area contributed by atoms with Crippen molar-refractivity contribution in [1.29, 1.82) is 0 Å². The molecule has 13 heteroatoms. The molecule has 0 saturated carbocycles. The second-order valence-electron chi connectivity index (χ2n) is 6.45. The second kappa shape index (κ2) is 6.96. The molecule has 1 aliphatic heterocycles. The van der Waals surface area contributed by atoms with Crippen LogP contribution in [0.1, 0.15) is 37.1 Å². The normalized spacial score (nSPS) is 21.6. The van der Waals surface area contributed by atoms with Gasteiger partial charge in [0.05, 0.1) is 17.0 Å². The molecule has 3 N–H and O–H groups in total. The second-order valence-corrected chi connectivity index (χ2v) is 11.9. The van der Waals surface area contributed by atoms with Crippen molar-refractivity contribution in [2.45, 2.75) is 45.9 Å². The fraction of sp³-hybridized carbons (Fsp3) is 0.500. The third kappa shape index (κ3) is 4.05. The number of aromatic nitrogens is 3. The quantitative estimate of drug-likeness (QED) is 0.666. The predicted octanol–water partition coefficient (Wildman–Crippen LogP) is -0.120. The molecular formula is C14H19N5O5S3. The summed E-state index contributed by atoms with van der Waals surface area (Å²) in [6.07, 6.45) is 2.40. The summed E-state index contributed by atoms with van der Waals surface area (Å²) in [5, 5.41) is 14.9. The molecule has 2 aromatic heterocycles. The Morgan fingerprint density at radius 1 is 1.48 bits per heavy atom. The number of hydrogen-bond donors (Lipinski definition) is 2. The first-order chi connectivity index (χ1) is 12.5. The lowest BCUT2D eigenvalue weighted by Crippen LogP contribution is -2.36. The Morgan fingerprint density at radius 3 is 2.78 bits per heavy atom. The molecule has 0 radical (unpaired) electrons. The molecule has 3 rings (SSSR count). The van der Waals surface area contributed by atoms with E-state index in [1.165, 1.54) is 17.7 Å². The fourth-order valence-corrected chi connectivity index (χ4v) is 7.31. The van der Waals surface area contributed by atoms with Crippen molar-refractivity contribution in [1.82, 2.24) is 20.3 Å². The molecule has 10 nitrogen and oxygen atoms in total. The Bertz CT molecular complexity index is 1090. The Kier molecular flexibility index (Phi) is 5.14. The highest BCUT2D eigenvalue weighted by molar-refractivity contribution is 7.95. The first kappa shape index (κ1) is 19.9. The summed E-state index contributed by atoms with van der Waals surface area (Å²) in [5.74, 6) is -0.286. The van der Waals surface area contributed by atoms with Gasteiger partial charge in [0, 0.05) is 31.6 Å². The first-order valence-electron chi connectivity index (χ1n) is 8.03. The highest BCUT2D eigenvalue weighted by Gasteiger charge is 2.40. The minimum absolute atomic E-state index is 0.0514. The number of nitrogens with one attached hydrogen (secondary N) is 1. The lowest BCUT2D eigenvalue weighted by atomic mass is 10.0. The molecule has 2 aromatic rings. The monoisotopic (exact) mass is 433 g/mol. The number of rotatable bonds is 5. The van der Waals surface area contributed by atoms with E-state index in [-0.39, 0.29) is 32.7 Å². The van der Waals surface area contributed by atoms with Crippen molar-refractivity contribution < 1.29 is 21.6 Å². The van der Waals surface area contributed by atoms with Crippen molar-refractivity contribution >= 4 is 37.1 Å². The van der Waals surface area contributed by atoms with Gasteiger partial charge in [-0.25, -0.2) is 22.0 Å². The van der Waals surface area contributed by atoms with Crippen LogP contribution in [0.4, 0.5) is 0 Å². The van der Waals surface area contributed by atoms with Crippen LogP contribution in [0.5, 0.6) is 0 Å². The van der Waals surface area contributed by atoms with Gasteiger partial charge in [0.2, 0.25) is 15.9 Å². The van der Waals surface area contributed by atoms with Crippen LogP contribution in [0, 0.1) is 0 Å². The highest BCUT2D eigenvalue weighted by Crippen LogP contribution is 2.42. The lowest BCUT2D eigenvalue weighted by molar-refractivity contribution is -0.121. The van der Waals surface area contributed by atoms with Crippen LogP contribution < -0.4 is 10.5 Å². The van der Waals surface area contributed by atoms with Crippen molar-refractivity contribution in [3.8, 4) is 0 Å². The average molecular weight is 434 g/mol. The number of nitrogens with zero attached hydrogens (tertiary/aromatic N) is 3. The number of sulfonamides is 1. The van der Waals surface area contributed by atoms with E-state index in [0.717, 1.165) is 0 Å². The molecule has 1 amide bonds. The van der Waals surface area contributed by atoms with E-state index in [1.54, 1.807) is 13.2 Å². The highest BCUT2D eigenvalue weighted by atomic mass is 32.3. The summed E-state index contributed by atoms with van der Waals surface area (Å²) < 4.78 is 49.6. The molecule has 0 saturated heterocycles. The number of nitrogens with two attached hydrogens (primary N) is 1. The molecule has 0 fully saturated rings. The van der Waals surface area contributed by atoms with E-state index in [0.29, 0.717) is 23.5 Å². The molecular weight excluding hydrogens is 414 g/mol. The standard InChI is InChI=1S/C14H19N5O5S3/c1-8-5-11(16-12(20)4-3-9-7-19(2)18-17-9)10-6-13(27(15,23)24)25-14(10)26(8,21)22/h6-8,11H,3-5H2,1-2H3,(H,16,20)(H2,15,23,24). The van der Waals surface area contributed by atoms with Crippen LogP contribution in [0.2, 0.25) is 0 Å². The molecule has 2 unspecified atom stereocenters. The van der Waals surface area contributed by atoms with Gasteiger partial charge in [0.15, 0.2) is 9.84 Å². The third-order valence-corrected chi connectivity index (χ3v) is 9.62. The van der Waals surface area contributed by atoms with Gasteiger partial charge in [-0.2, -0.15) is 0 Å². The molecule has 0 spiro atoms. The van der Waals surface area contributed by atoms with Crippen molar-refractivity contribution in [3.05, 3.63) is 23.5 Å².